The first-order chi connectivity index (χ1) is 13.0. The highest BCUT2D eigenvalue weighted by molar-refractivity contribution is 9.11. The molecule has 0 bridgehead atoms. The van der Waals surface area contributed by atoms with E-state index < -0.39 is 0 Å². The topological polar surface area (TPSA) is 52.7 Å². The lowest BCUT2D eigenvalue weighted by Gasteiger charge is -2.32. The Morgan fingerprint density at radius 1 is 1.26 bits per heavy atom. The molecule has 5 nitrogen and oxygen atoms in total. The molecule has 1 fully saturated rings. The van der Waals surface area contributed by atoms with Crippen molar-refractivity contribution in [1.29, 1.82) is 0 Å². The van der Waals surface area contributed by atoms with E-state index in [1.54, 1.807) is 11.3 Å². The van der Waals surface area contributed by atoms with Gasteiger partial charge in [-0.3, -0.25) is 14.5 Å². The van der Waals surface area contributed by atoms with E-state index in [2.05, 4.69) is 32.7 Å². The van der Waals surface area contributed by atoms with E-state index in [1.807, 2.05) is 47.2 Å². The number of nitrogens with one attached hydrogen (secondary N) is 1. The van der Waals surface area contributed by atoms with Gasteiger partial charge in [-0.2, -0.15) is 0 Å². The zero-order valence-electron chi connectivity index (χ0n) is 15.4. The maximum Gasteiger partial charge on any atom is 0.236 e. The average molecular weight is 450 g/mol. The number of anilines is 1. The van der Waals surface area contributed by atoms with Crippen LogP contribution >= 0.6 is 27.3 Å². The Morgan fingerprint density at radius 2 is 1.96 bits per heavy atom. The minimum atomic E-state index is -0.0323. The molecule has 1 aliphatic heterocycles. The lowest BCUT2D eigenvalue weighted by molar-refractivity contribution is -0.135. The summed E-state index contributed by atoms with van der Waals surface area (Å²) < 4.78 is 1.10. The summed E-state index contributed by atoms with van der Waals surface area (Å²) in [5.41, 5.74) is 2.03. The molecule has 2 amide bonds. The lowest BCUT2D eigenvalue weighted by Crippen LogP contribution is -2.45. The molecule has 0 atom stereocenters. The second-order valence-electron chi connectivity index (χ2n) is 6.94. The van der Waals surface area contributed by atoms with Crippen LogP contribution in [0.15, 0.2) is 45.6 Å². The Bertz CT molecular complexity index is 773. The number of carbonyl (C=O) groups excluding carboxylic acids is 2. The summed E-state index contributed by atoms with van der Waals surface area (Å²) in [5, 5.41) is 5.06. The molecule has 144 valence electrons. The first-order valence-electron chi connectivity index (χ1n) is 9.06. The Balaban J connectivity index is 1.42. The second kappa shape index (κ2) is 9.48. The quantitative estimate of drug-likeness (QED) is 0.728. The van der Waals surface area contributed by atoms with Crippen molar-refractivity contribution < 1.29 is 9.59 Å². The van der Waals surface area contributed by atoms with Gasteiger partial charge < -0.3 is 10.2 Å². The number of likely N-dealkylation sites (tertiary alicyclic amines) is 1. The van der Waals surface area contributed by atoms with Gasteiger partial charge in [-0.05, 0) is 65.0 Å². The van der Waals surface area contributed by atoms with Crippen molar-refractivity contribution in [3.8, 4) is 0 Å². The fraction of sp³-hybridized carbons (Fsp3) is 0.400. The van der Waals surface area contributed by atoms with Crippen LogP contribution in [0.1, 0.15) is 18.4 Å². The van der Waals surface area contributed by atoms with Gasteiger partial charge in [0.15, 0.2) is 0 Å². The van der Waals surface area contributed by atoms with Gasteiger partial charge in [0.25, 0.3) is 0 Å². The van der Waals surface area contributed by atoms with E-state index >= 15 is 0 Å². The summed E-state index contributed by atoms with van der Waals surface area (Å²) in [5.74, 6) is 0.150. The molecule has 3 rings (SSSR count). The number of likely N-dealkylation sites (N-methyl/N-ethyl adjacent to an activating group) is 1. The van der Waals surface area contributed by atoms with Crippen LogP contribution in [0.5, 0.6) is 0 Å². The monoisotopic (exact) mass is 449 g/mol. The average Bonchev–Trinajstić information content (AvgIpc) is 3.07. The molecule has 1 aromatic carbocycles. The Morgan fingerprint density at radius 3 is 2.59 bits per heavy atom. The van der Waals surface area contributed by atoms with Gasteiger partial charge in [-0.25, -0.2) is 0 Å². The molecule has 1 N–H and O–H groups in total. The van der Waals surface area contributed by atoms with Crippen molar-refractivity contribution in [2.45, 2.75) is 19.4 Å². The van der Waals surface area contributed by atoms with Gasteiger partial charge in [0, 0.05) is 31.2 Å². The standard InChI is InChI=1S/C20H24BrN3O2S/c1-23(12-15-11-18(21)27-14-15)13-19(25)24-9-7-16(8-10-24)20(26)22-17-5-3-2-4-6-17/h2-6,11,14,16H,7-10,12-13H2,1H3,(H,22,26). The second-order valence-corrected chi connectivity index (χ2v) is 9.23. The Labute approximate surface area is 172 Å². The number of hydrogen-bond acceptors (Lipinski definition) is 4. The summed E-state index contributed by atoms with van der Waals surface area (Å²) in [7, 11) is 1.96. The number of nitrogens with zero attached hydrogens (tertiary/aromatic N) is 2. The molecule has 7 heteroatoms. The predicted octanol–water partition coefficient (Wildman–Crippen LogP) is 3.82. The molecule has 0 radical (unpaired) electrons. The molecule has 2 aromatic rings. The number of halogens is 1. The number of thiophene rings is 1. The number of piperidine rings is 1. The van der Waals surface area contributed by atoms with Gasteiger partial charge in [0.05, 0.1) is 10.3 Å². The van der Waals surface area contributed by atoms with E-state index in [-0.39, 0.29) is 17.7 Å². The third-order valence-corrected chi connectivity index (χ3v) is 6.29. The van der Waals surface area contributed by atoms with Crippen molar-refractivity contribution in [2.24, 2.45) is 5.92 Å². The molecule has 2 heterocycles. The highest BCUT2D eigenvalue weighted by Crippen LogP contribution is 2.22. The van der Waals surface area contributed by atoms with Gasteiger partial charge in [0.2, 0.25) is 11.8 Å². The molecule has 0 aliphatic carbocycles. The van der Waals surface area contributed by atoms with Gasteiger partial charge in [-0.15, -0.1) is 11.3 Å². The van der Waals surface area contributed by atoms with Crippen LogP contribution in [0, 0.1) is 5.92 Å². The van der Waals surface area contributed by atoms with Gasteiger partial charge in [-0.1, -0.05) is 18.2 Å². The van der Waals surface area contributed by atoms with Crippen LogP contribution < -0.4 is 5.32 Å². The van der Waals surface area contributed by atoms with Gasteiger partial charge in [0.1, 0.15) is 0 Å². The van der Waals surface area contributed by atoms with Crippen molar-refractivity contribution in [2.75, 3.05) is 32.0 Å². The Kier molecular flexibility index (Phi) is 7.04. The molecule has 0 spiro atoms. The van der Waals surface area contributed by atoms with Crippen molar-refractivity contribution in [3.63, 3.8) is 0 Å². The maximum absolute atomic E-state index is 12.5. The van der Waals surface area contributed by atoms with Crippen LogP contribution in [-0.2, 0) is 16.1 Å². The van der Waals surface area contributed by atoms with Crippen LogP contribution in [-0.4, -0.2) is 48.3 Å². The highest BCUT2D eigenvalue weighted by atomic mass is 79.9. The van der Waals surface area contributed by atoms with Crippen molar-refractivity contribution in [3.05, 3.63) is 51.1 Å². The van der Waals surface area contributed by atoms with Crippen molar-refractivity contribution in [1.82, 2.24) is 9.80 Å². The summed E-state index contributed by atoms with van der Waals surface area (Å²) in [6.07, 6.45) is 1.43. The van der Waals surface area contributed by atoms with E-state index in [9.17, 15) is 9.59 Å². The minimum Gasteiger partial charge on any atom is -0.342 e. The summed E-state index contributed by atoms with van der Waals surface area (Å²) >= 11 is 5.12. The largest absolute Gasteiger partial charge is 0.342 e. The number of amides is 2. The fourth-order valence-corrected chi connectivity index (χ4v) is 4.48. The molecule has 1 aromatic heterocycles. The summed E-state index contributed by atoms with van der Waals surface area (Å²) in [6.45, 7) is 2.44. The van der Waals surface area contributed by atoms with Crippen LogP contribution in [0.3, 0.4) is 0 Å². The number of carbonyl (C=O) groups is 2. The van der Waals surface area contributed by atoms with E-state index in [1.165, 1.54) is 5.56 Å². The third-order valence-electron chi connectivity index (χ3n) is 4.74. The van der Waals surface area contributed by atoms with E-state index in [4.69, 9.17) is 0 Å². The number of benzene rings is 1. The number of hydrogen-bond donors (Lipinski definition) is 1. The number of rotatable bonds is 6. The third kappa shape index (κ3) is 5.89. The highest BCUT2D eigenvalue weighted by Gasteiger charge is 2.27. The normalized spacial score (nSPS) is 15.1. The fourth-order valence-electron chi connectivity index (χ4n) is 3.28. The molecule has 1 saturated heterocycles. The van der Waals surface area contributed by atoms with E-state index in [0.717, 1.165) is 16.0 Å². The van der Waals surface area contributed by atoms with Crippen LogP contribution in [0.2, 0.25) is 0 Å². The minimum absolute atomic E-state index is 0.0323. The van der Waals surface area contributed by atoms with Crippen LogP contribution in [0.25, 0.3) is 0 Å². The maximum atomic E-state index is 12.5. The van der Waals surface area contributed by atoms with Gasteiger partial charge >= 0.3 is 0 Å². The molecular formula is C20H24BrN3O2S. The first kappa shape index (κ1) is 20.0. The summed E-state index contributed by atoms with van der Waals surface area (Å²) in [4.78, 5) is 28.9. The zero-order chi connectivity index (χ0) is 19.2. The molecular weight excluding hydrogens is 426 g/mol. The molecule has 1 aliphatic rings. The van der Waals surface area contributed by atoms with Crippen molar-refractivity contribution >= 4 is 44.8 Å². The summed E-state index contributed by atoms with van der Waals surface area (Å²) in [6, 6.07) is 11.6. The smallest absolute Gasteiger partial charge is 0.236 e. The molecule has 0 saturated carbocycles. The zero-order valence-corrected chi connectivity index (χ0v) is 17.8. The number of para-hydroxylation sites is 1. The molecule has 27 heavy (non-hydrogen) atoms. The Hall–Kier alpha value is -1.70. The lowest BCUT2D eigenvalue weighted by atomic mass is 9.95. The first-order valence-corrected chi connectivity index (χ1v) is 10.7. The van der Waals surface area contributed by atoms with E-state index in [0.29, 0.717) is 32.5 Å². The predicted molar refractivity (Wildman–Crippen MR) is 113 cm³/mol. The SMILES string of the molecule is CN(CC(=O)N1CCC(C(=O)Nc2ccccc2)CC1)Cc1csc(Br)c1. The van der Waals surface area contributed by atoms with Crippen LogP contribution in [0.4, 0.5) is 5.69 Å². The molecule has 0 unspecified atom stereocenters.